The second-order valence-corrected chi connectivity index (χ2v) is 8.29. The standard InChI is InChI=1S/C21H22N4O5S/c1-14-4-8-17(9-5-14)30-15(2)20(26)24-16-6-10-18(11-7-16)31(27,28)25-19-21(29-3)23-13-12-22-19/h4-13,15H,1-3H3,(H,22,25)(H,24,26). The summed E-state index contributed by atoms with van der Waals surface area (Å²) in [5, 5.41) is 2.70. The molecule has 1 aromatic heterocycles. The summed E-state index contributed by atoms with van der Waals surface area (Å²) in [5.74, 6) is 0.251. The maximum Gasteiger partial charge on any atom is 0.265 e. The molecule has 1 amide bonds. The topological polar surface area (TPSA) is 120 Å². The highest BCUT2D eigenvalue weighted by Gasteiger charge is 2.19. The number of benzene rings is 2. The Kier molecular flexibility index (Phi) is 6.71. The number of carbonyl (C=O) groups is 1. The lowest BCUT2D eigenvalue weighted by Gasteiger charge is -2.15. The van der Waals surface area contributed by atoms with Crippen molar-refractivity contribution in [3.05, 3.63) is 66.5 Å². The Balaban J connectivity index is 1.65. The minimum absolute atomic E-state index is 0.0119. The molecule has 2 N–H and O–H groups in total. The number of aromatic nitrogens is 2. The number of amides is 1. The molecule has 0 fully saturated rings. The van der Waals surface area contributed by atoms with Gasteiger partial charge in [-0.2, -0.15) is 0 Å². The second-order valence-electron chi connectivity index (χ2n) is 6.61. The molecule has 0 saturated carbocycles. The summed E-state index contributed by atoms with van der Waals surface area (Å²) in [5.41, 5.74) is 1.52. The molecule has 10 heteroatoms. The molecule has 3 aromatic rings. The number of ether oxygens (including phenoxy) is 2. The molecule has 162 valence electrons. The average molecular weight is 442 g/mol. The van der Waals surface area contributed by atoms with Gasteiger partial charge in [-0.25, -0.2) is 18.4 Å². The first-order chi connectivity index (χ1) is 14.8. The Morgan fingerprint density at radius 1 is 1.00 bits per heavy atom. The molecule has 0 aliphatic heterocycles. The van der Waals surface area contributed by atoms with Crippen molar-refractivity contribution in [2.75, 3.05) is 17.1 Å². The molecule has 1 unspecified atom stereocenters. The van der Waals surface area contributed by atoms with Crippen LogP contribution in [0.25, 0.3) is 0 Å². The first-order valence-electron chi connectivity index (χ1n) is 9.30. The number of methoxy groups -OCH3 is 1. The zero-order chi connectivity index (χ0) is 22.4. The molecule has 2 aromatic carbocycles. The van der Waals surface area contributed by atoms with Crippen molar-refractivity contribution in [2.45, 2.75) is 24.8 Å². The smallest absolute Gasteiger partial charge is 0.265 e. The van der Waals surface area contributed by atoms with Crippen LogP contribution in [0.2, 0.25) is 0 Å². The molecular weight excluding hydrogens is 420 g/mol. The fourth-order valence-electron chi connectivity index (χ4n) is 2.57. The predicted octanol–water partition coefficient (Wildman–Crippen LogP) is 3.00. The average Bonchev–Trinajstić information content (AvgIpc) is 2.76. The van der Waals surface area contributed by atoms with Crippen molar-refractivity contribution in [1.82, 2.24) is 9.97 Å². The number of nitrogens with one attached hydrogen (secondary N) is 2. The van der Waals surface area contributed by atoms with Crippen LogP contribution in [0.1, 0.15) is 12.5 Å². The molecule has 0 aliphatic carbocycles. The zero-order valence-corrected chi connectivity index (χ0v) is 18.0. The monoisotopic (exact) mass is 442 g/mol. The number of anilines is 2. The van der Waals surface area contributed by atoms with Gasteiger partial charge in [-0.3, -0.25) is 9.52 Å². The Hall–Kier alpha value is -3.66. The third kappa shape index (κ3) is 5.70. The van der Waals surface area contributed by atoms with Crippen molar-refractivity contribution < 1.29 is 22.7 Å². The lowest BCUT2D eigenvalue weighted by molar-refractivity contribution is -0.122. The summed E-state index contributed by atoms with van der Waals surface area (Å²) in [6, 6.07) is 13.1. The van der Waals surface area contributed by atoms with Crippen molar-refractivity contribution >= 4 is 27.4 Å². The lowest BCUT2D eigenvalue weighted by atomic mass is 10.2. The number of sulfonamides is 1. The highest BCUT2D eigenvalue weighted by Crippen LogP contribution is 2.22. The van der Waals surface area contributed by atoms with Crippen LogP contribution in [0.4, 0.5) is 11.5 Å². The minimum atomic E-state index is -3.92. The van der Waals surface area contributed by atoms with Crippen LogP contribution in [0.5, 0.6) is 11.6 Å². The molecule has 0 radical (unpaired) electrons. The van der Waals surface area contributed by atoms with Gasteiger partial charge in [0.15, 0.2) is 6.10 Å². The first-order valence-corrected chi connectivity index (χ1v) is 10.8. The van der Waals surface area contributed by atoms with E-state index in [9.17, 15) is 13.2 Å². The van der Waals surface area contributed by atoms with Gasteiger partial charge in [0, 0.05) is 18.1 Å². The quantitative estimate of drug-likeness (QED) is 0.550. The van der Waals surface area contributed by atoms with Crippen molar-refractivity contribution in [3.63, 3.8) is 0 Å². The van der Waals surface area contributed by atoms with Crippen LogP contribution in [0.15, 0.2) is 65.8 Å². The number of hydrogen-bond acceptors (Lipinski definition) is 7. The highest BCUT2D eigenvalue weighted by atomic mass is 32.2. The predicted molar refractivity (Wildman–Crippen MR) is 116 cm³/mol. The Bertz CT molecular complexity index is 1150. The van der Waals surface area contributed by atoms with E-state index in [2.05, 4.69) is 20.0 Å². The molecule has 1 heterocycles. The van der Waals surface area contributed by atoms with E-state index in [1.807, 2.05) is 19.1 Å². The first kappa shape index (κ1) is 22.0. The van der Waals surface area contributed by atoms with E-state index < -0.39 is 16.1 Å². The van der Waals surface area contributed by atoms with Gasteiger partial charge in [-0.05, 0) is 50.2 Å². The van der Waals surface area contributed by atoms with Crippen molar-refractivity contribution in [2.24, 2.45) is 0 Å². The summed E-state index contributed by atoms with van der Waals surface area (Å²) in [4.78, 5) is 20.2. The highest BCUT2D eigenvalue weighted by molar-refractivity contribution is 7.92. The maximum absolute atomic E-state index is 12.6. The molecule has 3 rings (SSSR count). The molecule has 0 aliphatic rings. The summed E-state index contributed by atoms with van der Waals surface area (Å²) < 4.78 is 38.2. The normalized spacial score (nSPS) is 12.0. The van der Waals surface area contributed by atoms with Gasteiger partial charge in [-0.15, -0.1) is 0 Å². The molecule has 0 saturated heterocycles. The third-order valence-electron chi connectivity index (χ3n) is 4.22. The van der Waals surface area contributed by atoms with Gasteiger partial charge in [0.2, 0.25) is 5.82 Å². The number of carbonyl (C=O) groups excluding carboxylic acids is 1. The fraction of sp³-hybridized carbons (Fsp3) is 0.190. The van der Waals surface area contributed by atoms with Crippen LogP contribution in [-0.2, 0) is 14.8 Å². The van der Waals surface area contributed by atoms with Crippen LogP contribution >= 0.6 is 0 Å². The molecule has 0 spiro atoms. The van der Waals surface area contributed by atoms with Crippen molar-refractivity contribution in [3.8, 4) is 11.6 Å². The minimum Gasteiger partial charge on any atom is -0.481 e. The maximum atomic E-state index is 12.6. The van der Waals surface area contributed by atoms with Gasteiger partial charge < -0.3 is 14.8 Å². The molecule has 31 heavy (non-hydrogen) atoms. The Morgan fingerprint density at radius 3 is 2.29 bits per heavy atom. The molecule has 0 bridgehead atoms. The zero-order valence-electron chi connectivity index (χ0n) is 17.2. The third-order valence-corrected chi connectivity index (χ3v) is 5.58. The number of rotatable bonds is 8. The summed E-state index contributed by atoms with van der Waals surface area (Å²) >= 11 is 0. The van der Waals surface area contributed by atoms with Gasteiger partial charge in [0.1, 0.15) is 5.75 Å². The Labute approximate surface area is 180 Å². The van der Waals surface area contributed by atoms with Crippen LogP contribution in [0, 0.1) is 6.92 Å². The van der Waals surface area contributed by atoms with E-state index in [1.165, 1.54) is 43.8 Å². The van der Waals surface area contributed by atoms with Gasteiger partial charge in [0.05, 0.1) is 12.0 Å². The number of nitrogens with zero attached hydrogens (tertiary/aromatic N) is 2. The van der Waals surface area contributed by atoms with E-state index >= 15 is 0 Å². The largest absolute Gasteiger partial charge is 0.481 e. The van der Waals surface area contributed by atoms with E-state index in [1.54, 1.807) is 19.1 Å². The molecule has 9 nitrogen and oxygen atoms in total. The van der Waals surface area contributed by atoms with E-state index in [0.717, 1.165) is 5.56 Å². The molecular formula is C21H22N4O5S. The second kappa shape index (κ2) is 9.43. The van der Waals surface area contributed by atoms with Crippen LogP contribution < -0.4 is 19.5 Å². The SMILES string of the molecule is COc1nccnc1NS(=O)(=O)c1ccc(NC(=O)C(C)Oc2ccc(C)cc2)cc1. The number of aryl methyl sites for hydroxylation is 1. The van der Waals surface area contributed by atoms with Crippen molar-refractivity contribution in [1.29, 1.82) is 0 Å². The lowest BCUT2D eigenvalue weighted by Crippen LogP contribution is -2.30. The van der Waals surface area contributed by atoms with Gasteiger partial charge >= 0.3 is 0 Å². The van der Waals surface area contributed by atoms with Crippen LogP contribution in [0.3, 0.4) is 0 Å². The van der Waals surface area contributed by atoms with E-state index in [0.29, 0.717) is 11.4 Å². The van der Waals surface area contributed by atoms with E-state index in [-0.39, 0.29) is 22.5 Å². The molecule has 1 atom stereocenters. The summed E-state index contributed by atoms with van der Waals surface area (Å²) in [7, 11) is -2.56. The fourth-order valence-corrected chi connectivity index (χ4v) is 3.57. The van der Waals surface area contributed by atoms with Crippen LogP contribution in [-0.4, -0.2) is 37.5 Å². The summed E-state index contributed by atoms with van der Waals surface area (Å²) in [6.07, 6.45) is 1.99. The van der Waals surface area contributed by atoms with Gasteiger partial charge in [-0.1, -0.05) is 17.7 Å². The Morgan fingerprint density at radius 2 is 1.65 bits per heavy atom. The number of hydrogen-bond donors (Lipinski definition) is 2. The summed E-state index contributed by atoms with van der Waals surface area (Å²) in [6.45, 7) is 3.59. The van der Waals surface area contributed by atoms with E-state index in [4.69, 9.17) is 9.47 Å². The van der Waals surface area contributed by atoms with Gasteiger partial charge in [0.25, 0.3) is 21.8 Å².